The van der Waals surface area contributed by atoms with Crippen LogP contribution in [0.3, 0.4) is 0 Å². The number of rotatable bonds is 10. The third-order valence-electron chi connectivity index (χ3n) is 5.45. The number of halogens is 3. The van der Waals surface area contributed by atoms with Gasteiger partial charge in [-0.1, -0.05) is 11.3 Å². The molecule has 0 aliphatic carbocycles. The number of hydrogen-bond donors (Lipinski definition) is 0. The molecule has 0 spiro atoms. The summed E-state index contributed by atoms with van der Waals surface area (Å²) < 4.78 is 32.8. The van der Waals surface area contributed by atoms with E-state index in [2.05, 4.69) is 9.88 Å². The number of morpholine rings is 1. The molecule has 0 unspecified atom stereocenters. The fourth-order valence-corrected chi connectivity index (χ4v) is 5.57. The number of fused-ring (bicyclic) bond motifs is 1. The lowest BCUT2D eigenvalue weighted by molar-refractivity contribution is -0.118. The molecule has 1 aliphatic heterocycles. The van der Waals surface area contributed by atoms with E-state index in [0.717, 1.165) is 54.6 Å². The Labute approximate surface area is 212 Å². The second-order valence-electron chi connectivity index (χ2n) is 7.87. The first kappa shape index (κ1) is 26.8. The second-order valence-corrected chi connectivity index (χ2v) is 10.0. The molecule has 0 bridgehead atoms. The van der Waals surface area contributed by atoms with Crippen molar-refractivity contribution in [1.29, 1.82) is 0 Å². The standard InChI is InChI=1S/C24H27F2N3O2S2.ClH/c25-18-4-7-20(8-5-18)32-16-1-3-23(30)29(11-2-10-28-12-14-31-15-13-28)24-27-21-9-6-19(26)17-22(21)33-24;/h4-9,17H,1-3,10-16H2;1H. The molecule has 0 atom stereocenters. The van der Waals surface area contributed by atoms with Gasteiger partial charge in [0.15, 0.2) is 5.13 Å². The molecular formula is C24H28ClF2N3O2S2. The van der Waals surface area contributed by atoms with Crippen LogP contribution in [0.25, 0.3) is 10.2 Å². The Morgan fingerprint density at radius 1 is 1.09 bits per heavy atom. The lowest BCUT2D eigenvalue weighted by Gasteiger charge is -2.27. The van der Waals surface area contributed by atoms with Gasteiger partial charge in [0, 0.05) is 37.5 Å². The minimum atomic E-state index is -0.305. The first-order valence-corrected chi connectivity index (χ1v) is 12.9. The molecule has 1 aliphatic rings. The maximum absolute atomic E-state index is 13.6. The van der Waals surface area contributed by atoms with Crippen molar-refractivity contribution in [1.82, 2.24) is 9.88 Å². The zero-order valence-electron chi connectivity index (χ0n) is 18.8. The fourth-order valence-electron chi connectivity index (χ4n) is 3.69. The molecule has 1 saturated heterocycles. The van der Waals surface area contributed by atoms with E-state index in [4.69, 9.17) is 4.74 Å². The Balaban J connectivity index is 0.00000324. The van der Waals surface area contributed by atoms with E-state index in [1.54, 1.807) is 34.9 Å². The van der Waals surface area contributed by atoms with E-state index < -0.39 is 0 Å². The molecule has 0 saturated carbocycles. The Morgan fingerprint density at radius 3 is 2.59 bits per heavy atom. The van der Waals surface area contributed by atoms with Crippen LogP contribution in [0.4, 0.5) is 13.9 Å². The number of carbonyl (C=O) groups excluding carboxylic acids is 1. The van der Waals surface area contributed by atoms with Crippen molar-refractivity contribution in [2.45, 2.75) is 24.2 Å². The molecule has 0 radical (unpaired) electrons. The number of amides is 1. The molecule has 2 heterocycles. The third kappa shape index (κ3) is 7.61. The number of aromatic nitrogens is 1. The maximum Gasteiger partial charge on any atom is 0.228 e. The summed E-state index contributed by atoms with van der Waals surface area (Å²) in [7, 11) is 0. The SMILES string of the molecule is Cl.O=C(CCCSc1ccc(F)cc1)N(CCCN1CCOCC1)c1nc2ccc(F)cc2s1. The summed E-state index contributed by atoms with van der Waals surface area (Å²) in [5.74, 6) is 0.235. The average molecular weight is 528 g/mol. The molecule has 2 aromatic carbocycles. The van der Waals surface area contributed by atoms with E-state index >= 15 is 0 Å². The number of thioether (sulfide) groups is 1. The summed E-state index contributed by atoms with van der Waals surface area (Å²) in [5.41, 5.74) is 0.703. The smallest absolute Gasteiger partial charge is 0.228 e. The van der Waals surface area contributed by atoms with Crippen molar-refractivity contribution in [3.63, 3.8) is 0 Å². The maximum atomic E-state index is 13.6. The molecular weight excluding hydrogens is 500 g/mol. The van der Waals surface area contributed by atoms with Crippen molar-refractivity contribution >= 4 is 56.8 Å². The first-order chi connectivity index (χ1) is 16.1. The van der Waals surface area contributed by atoms with E-state index in [-0.39, 0.29) is 29.9 Å². The minimum absolute atomic E-state index is 0. The lowest BCUT2D eigenvalue weighted by atomic mass is 10.2. The van der Waals surface area contributed by atoms with Crippen LogP contribution in [0, 0.1) is 11.6 Å². The van der Waals surface area contributed by atoms with Crippen LogP contribution in [0.5, 0.6) is 0 Å². The van der Waals surface area contributed by atoms with Crippen LogP contribution >= 0.6 is 35.5 Å². The van der Waals surface area contributed by atoms with Gasteiger partial charge in [-0.3, -0.25) is 14.6 Å². The normalized spacial score (nSPS) is 14.2. The van der Waals surface area contributed by atoms with Crippen LogP contribution in [-0.4, -0.2) is 60.9 Å². The Hall–Kier alpha value is -1.78. The summed E-state index contributed by atoms with van der Waals surface area (Å²) in [5, 5.41) is 0.619. The van der Waals surface area contributed by atoms with Crippen molar-refractivity contribution in [3.8, 4) is 0 Å². The highest BCUT2D eigenvalue weighted by atomic mass is 35.5. The monoisotopic (exact) mass is 527 g/mol. The summed E-state index contributed by atoms with van der Waals surface area (Å²) >= 11 is 2.96. The van der Waals surface area contributed by atoms with Gasteiger partial charge in [0.2, 0.25) is 5.91 Å². The van der Waals surface area contributed by atoms with Gasteiger partial charge in [0.1, 0.15) is 11.6 Å². The van der Waals surface area contributed by atoms with Gasteiger partial charge in [0.05, 0.1) is 23.4 Å². The van der Waals surface area contributed by atoms with Crippen molar-refractivity contribution in [2.75, 3.05) is 50.0 Å². The second kappa shape index (κ2) is 13.3. The molecule has 34 heavy (non-hydrogen) atoms. The van der Waals surface area contributed by atoms with Crippen LogP contribution in [0.1, 0.15) is 19.3 Å². The molecule has 184 valence electrons. The van der Waals surface area contributed by atoms with Gasteiger partial charge < -0.3 is 4.74 Å². The number of nitrogens with zero attached hydrogens (tertiary/aromatic N) is 3. The molecule has 10 heteroatoms. The molecule has 1 fully saturated rings. The Morgan fingerprint density at radius 2 is 1.82 bits per heavy atom. The topological polar surface area (TPSA) is 45.7 Å². The van der Waals surface area contributed by atoms with Crippen LogP contribution in [-0.2, 0) is 9.53 Å². The Kier molecular flexibility index (Phi) is 10.5. The van der Waals surface area contributed by atoms with Gasteiger partial charge >= 0.3 is 0 Å². The van der Waals surface area contributed by atoms with Gasteiger partial charge in [0.25, 0.3) is 0 Å². The molecule has 4 rings (SSSR count). The molecule has 1 amide bonds. The largest absolute Gasteiger partial charge is 0.379 e. The number of ether oxygens (including phenoxy) is 1. The van der Waals surface area contributed by atoms with Crippen LogP contribution in [0.2, 0.25) is 0 Å². The van der Waals surface area contributed by atoms with Gasteiger partial charge in [-0.2, -0.15) is 0 Å². The fraction of sp³-hybridized carbons (Fsp3) is 0.417. The first-order valence-electron chi connectivity index (χ1n) is 11.1. The number of benzene rings is 2. The van der Waals surface area contributed by atoms with Crippen LogP contribution < -0.4 is 4.90 Å². The third-order valence-corrected chi connectivity index (χ3v) is 7.59. The minimum Gasteiger partial charge on any atom is -0.379 e. The number of thiazole rings is 1. The highest BCUT2D eigenvalue weighted by Crippen LogP contribution is 2.30. The predicted molar refractivity (Wildman–Crippen MR) is 137 cm³/mol. The highest BCUT2D eigenvalue weighted by Gasteiger charge is 2.20. The highest BCUT2D eigenvalue weighted by molar-refractivity contribution is 7.99. The van der Waals surface area contributed by atoms with Gasteiger partial charge in [-0.05, 0) is 61.1 Å². The van der Waals surface area contributed by atoms with E-state index in [1.165, 1.54) is 35.6 Å². The van der Waals surface area contributed by atoms with Crippen molar-refractivity contribution in [2.24, 2.45) is 0 Å². The average Bonchev–Trinajstić information content (AvgIpc) is 3.24. The Bertz CT molecular complexity index is 1060. The van der Waals surface area contributed by atoms with Crippen molar-refractivity contribution in [3.05, 3.63) is 54.1 Å². The van der Waals surface area contributed by atoms with E-state index in [0.29, 0.717) is 30.0 Å². The van der Waals surface area contributed by atoms with E-state index in [9.17, 15) is 13.6 Å². The summed E-state index contributed by atoms with van der Waals surface area (Å²) in [6.45, 7) is 4.79. The lowest BCUT2D eigenvalue weighted by Crippen LogP contribution is -2.39. The summed E-state index contributed by atoms with van der Waals surface area (Å²) in [4.78, 5) is 22.8. The number of carbonyl (C=O) groups is 1. The zero-order chi connectivity index (χ0) is 23.0. The predicted octanol–water partition coefficient (Wildman–Crippen LogP) is 5.62. The number of hydrogen-bond acceptors (Lipinski definition) is 6. The quantitative estimate of drug-likeness (QED) is 0.253. The van der Waals surface area contributed by atoms with Crippen LogP contribution in [0.15, 0.2) is 47.4 Å². The molecule has 0 N–H and O–H groups in total. The van der Waals surface area contributed by atoms with Gasteiger partial charge in [-0.25, -0.2) is 13.8 Å². The van der Waals surface area contributed by atoms with E-state index in [1.807, 2.05) is 0 Å². The van der Waals surface area contributed by atoms with Gasteiger partial charge in [-0.15, -0.1) is 24.2 Å². The van der Waals surface area contributed by atoms with Crippen molar-refractivity contribution < 1.29 is 18.3 Å². The molecule has 1 aromatic heterocycles. The summed E-state index contributed by atoms with van der Waals surface area (Å²) in [6, 6.07) is 10.9. The zero-order valence-corrected chi connectivity index (χ0v) is 21.2. The number of anilines is 1. The summed E-state index contributed by atoms with van der Waals surface area (Å²) in [6.07, 6.45) is 1.94. The molecule has 5 nitrogen and oxygen atoms in total. The molecule has 3 aromatic rings.